The van der Waals surface area contributed by atoms with Crippen LogP contribution in [-0.2, 0) is 14.3 Å². The summed E-state index contributed by atoms with van der Waals surface area (Å²) in [6, 6.07) is 1.18. The topological polar surface area (TPSA) is 81.5 Å². The molecule has 0 aromatic carbocycles. The average Bonchev–Trinajstić information content (AvgIpc) is 3.40. The molecule has 28 heavy (non-hydrogen) atoms. The number of aromatic nitrogens is 2. The van der Waals surface area contributed by atoms with Gasteiger partial charge in [0.05, 0.1) is 4.87 Å². The van der Waals surface area contributed by atoms with E-state index in [4.69, 9.17) is 4.74 Å². The number of esters is 1. The zero-order valence-electron chi connectivity index (χ0n) is 15.9. The Kier molecular flexibility index (Phi) is 4.83. The van der Waals surface area contributed by atoms with Gasteiger partial charge in [0.15, 0.2) is 11.7 Å². The molecule has 4 heterocycles. The van der Waals surface area contributed by atoms with Gasteiger partial charge in [-0.15, -0.1) is 23.1 Å². The van der Waals surface area contributed by atoms with Crippen molar-refractivity contribution in [2.24, 2.45) is 0 Å². The van der Waals surface area contributed by atoms with E-state index in [1.807, 2.05) is 30.7 Å². The van der Waals surface area contributed by atoms with E-state index in [0.717, 1.165) is 22.9 Å². The molecule has 2 saturated heterocycles. The number of thioether (sulfide) groups is 1. The van der Waals surface area contributed by atoms with E-state index in [2.05, 4.69) is 4.98 Å². The van der Waals surface area contributed by atoms with Gasteiger partial charge >= 0.3 is 5.97 Å². The van der Waals surface area contributed by atoms with Gasteiger partial charge in [0.1, 0.15) is 6.04 Å². The third-order valence-corrected chi connectivity index (χ3v) is 7.67. The minimum Gasteiger partial charge on any atom is -0.456 e. The summed E-state index contributed by atoms with van der Waals surface area (Å²) in [5, 5.41) is 2.67. The summed E-state index contributed by atoms with van der Waals surface area (Å²) in [5.74, 6) is -0.278. The van der Waals surface area contributed by atoms with Crippen molar-refractivity contribution in [3.8, 4) is 5.13 Å². The van der Waals surface area contributed by atoms with Crippen LogP contribution < -0.4 is 0 Å². The molecule has 0 unspecified atom stereocenters. The van der Waals surface area contributed by atoms with E-state index in [1.54, 1.807) is 28.9 Å². The van der Waals surface area contributed by atoms with E-state index in [-0.39, 0.29) is 23.2 Å². The Morgan fingerprint density at radius 2 is 2.18 bits per heavy atom. The van der Waals surface area contributed by atoms with Crippen LogP contribution in [0.2, 0.25) is 0 Å². The number of Topliss-reactive ketones (excluding diaryl/α,β-unsaturated/α-hetero) is 1. The van der Waals surface area contributed by atoms with E-state index in [1.165, 1.54) is 11.3 Å². The van der Waals surface area contributed by atoms with E-state index >= 15 is 0 Å². The molecule has 2 atom stereocenters. The third-order valence-electron chi connectivity index (χ3n) is 5.40. The van der Waals surface area contributed by atoms with Crippen molar-refractivity contribution in [1.82, 2.24) is 14.5 Å². The summed E-state index contributed by atoms with van der Waals surface area (Å²) in [7, 11) is 0. The lowest BCUT2D eigenvalue weighted by molar-refractivity contribution is -0.152. The Morgan fingerprint density at radius 3 is 2.89 bits per heavy atom. The first kappa shape index (κ1) is 19.2. The summed E-state index contributed by atoms with van der Waals surface area (Å²) in [4.78, 5) is 43.0. The van der Waals surface area contributed by atoms with Crippen LogP contribution in [0.15, 0.2) is 17.6 Å². The lowest BCUT2D eigenvalue weighted by Crippen LogP contribution is -2.46. The molecule has 148 valence electrons. The summed E-state index contributed by atoms with van der Waals surface area (Å²) < 4.78 is 7.24. The molecule has 2 aliphatic heterocycles. The highest BCUT2D eigenvalue weighted by molar-refractivity contribution is 8.01. The minimum absolute atomic E-state index is 0.0206. The summed E-state index contributed by atoms with van der Waals surface area (Å²) in [6.07, 6.45) is 2.91. The molecule has 0 saturated carbocycles. The molecule has 2 aromatic heterocycles. The second-order valence-corrected chi connectivity index (χ2v) is 9.61. The van der Waals surface area contributed by atoms with Gasteiger partial charge < -0.3 is 9.64 Å². The summed E-state index contributed by atoms with van der Waals surface area (Å²) >= 11 is 3.09. The Morgan fingerprint density at radius 1 is 1.39 bits per heavy atom. The number of ether oxygens (including phenoxy) is 1. The van der Waals surface area contributed by atoms with Crippen molar-refractivity contribution in [3.63, 3.8) is 0 Å². The maximum Gasteiger partial charge on any atom is 0.330 e. The number of thiazole rings is 1. The smallest absolute Gasteiger partial charge is 0.330 e. The SMILES string of the molecule is Cc1cc(C(=O)COC(=O)[C@@H]2CS[C@@]3(C)CCC(=O)N23)c(C)n1-c1nccs1. The molecule has 2 fully saturated rings. The first-order chi connectivity index (χ1) is 13.3. The Labute approximate surface area is 171 Å². The highest BCUT2D eigenvalue weighted by Gasteiger charge is 2.53. The highest BCUT2D eigenvalue weighted by atomic mass is 32.2. The minimum atomic E-state index is -0.611. The number of fused-ring (bicyclic) bond motifs is 1. The molecular formula is C19H21N3O4S2. The predicted molar refractivity (Wildman–Crippen MR) is 107 cm³/mol. The molecule has 7 nitrogen and oxygen atoms in total. The number of hydrogen-bond acceptors (Lipinski definition) is 7. The molecular weight excluding hydrogens is 398 g/mol. The van der Waals surface area contributed by atoms with E-state index in [9.17, 15) is 14.4 Å². The number of ketones is 1. The van der Waals surface area contributed by atoms with Crippen molar-refractivity contribution >= 4 is 40.8 Å². The molecule has 9 heteroatoms. The average molecular weight is 420 g/mol. The molecule has 0 bridgehead atoms. The van der Waals surface area contributed by atoms with Gasteiger partial charge in [-0.25, -0.2) is 9.78 Å². The largest absolute Gasteiger partial charge is 0.456 e. The van der Waals surface area contributed by atoms with Crippen LogP contribution in [0.4, 0.5) is 0 Å². The van der Waals surface area contributed by atoms with E-state index < -0.39 is 12.0 Å². The maximum absolute atomic E-state index is 12.7. The van der Waals surface area contributed by atoms with Gasteiger partial charge in [-0.3, -0.25) is 14.2 Å². The zero-order valence-corrected chi connectivity index (χ0v) is 17.6. The Balaban J connectivity index is 1.45. The summed E-state index contributed by atoms with van der Waals surface area (Å²) in [6.45, 7) is 5.41. The number of hydrogen-bond donors (Lipinski definition) is 0. The van der Waals surface area contributed by atoms with Crippen molar-refractivity contribution < 1.29 is 19.1 Å². The van der Waals surface area contributed by atoms with Gasteiger partial charge in [-0.05, 0) is 33.3 Å². The van der Waals surface area contributed by atoms with Crippen molar-refractivity contribution in [2.45, 2.75) is 44.5 Å². The number of amides is 1. The second kappa shape index (κ2) is 7.04. The van der Waals surface area contributed by atoms with Crippen LogP contribution in [-0.4, -0.2) is 55.4 Å². The maximum atomic E-state index is 12.7. The molecule has 0 N–H and O–H groups in total. The molecule has 0 radical (unpaired) electrons. The zero-order chi connectivity index (χ0) is 20.1. The number of carbonyl (C=O) groups is 3. The van der Waals surface area contributed by atoms with E-state index in [0.29, 0.717) is 17.7 Å². The first-order valence-corrected chi connectivity index (χ1v) is 10.9. The van der Waals surface area contributed by atoms with Gasteiger partial charge in [-0.1, -0.05) is 0 Å². The summed E-state index contributed by atoms with van der Waals surface area (Å²) in [5.41, 5.74) is 2.18. The van der Waals surface area contributed by atoms with Crippen LogP contribution in [0.3, 0.4) is 0 Å². The molecule has 4 rings (SSSR count). The van der Waals surface area contributed by atoms with Crippen LogP contribution in [0.25, 0.3) is 5.13 Å². The number of aryl methyl sites for hydroxylation is 1. The second-order valence-electron chi connectivity index (χ2n) is 7.23. The van der Waals surface area contributed by atoms with Crippen LogP contribution >= 0.6 is 23.1 Å². The normalized spacial score (nSPS) is 23.9. The molecule has 0 aliphatic carbocycles. The van der Waals surface area contributed by atoms with Crippen LogP contribution in [0, 0.1) is 13.8 Å². The standard InChI is InChI=1S/C19H21N3O4S2/c1-11-8-13(12(2)21(11)18-20-6-7-27-18)15(23)9-26-17(25)14-10-28-19(3)5-4-16(24)22(14)19/h6-8,14H,4-5,9-10H2,1-3H3/t14-,19-/m0/s1. The van der Waals surface area contributed by atoms with Gasteiger partial charge in [-0.2, -0.15) is 0 Å². The van der Waals surface area contributed by atoms with Gasteiger partial charge in [0, 0.05) is 40.7 Å². The predicted octanol–water partition coefficient (Wildman–Crippen LogP) is 2.73. The lowest BCUT2D eigenvalue weighted by atomic mass is 10.1. The Hall–Kier alpha value is -2.13. The molecule has 1 amide bonds. The van der Waals surface area contributed by atoms with Crippen molar-refractivity contribution in [2.75, 3.05) is 12.4 Å². The van der Waals surface area contributed by atoms with Crippen LogP contribution in [0.1, 0.15) is 41.5 Å². The fourth-order valence-corrected chi connectivity index (χ4v) is 6.14. The quantitative estimate of drug-likeness (QED) is 0.548. The van der Waals surface area contributed by atoms with Crippen molar-refractivity contribution in [1.29, 1.82) is 0 Å². The number of carbonyl (C=O) groups excluding carboxylic acids is 3. The van der Waals surface area contributed by atoms with Gasteiger partial charge in [0.2, 0.25) is 11.7 Å². The van der Waals surface area contributed by atoms with Crippen LogP contribution in [0.5, 0.6) is 0 Å². The Bertz CT molecular complexity index is 953. The van der Waals surface area contributed by atoms with Crippen molar-refractivity contribution in [3.05, 3.63) is 34.6 Å². The molecule has 2 aromatic rings. The fourth-order valence-electron chi connectivity index (χ4n) is 3.97. The fraction of sp³-hybridized carbons (Fsp3) is 0.474. The molecule has 2 aliphatic rings. The third kappa shape index (κ3) is 3.06. The molecule has 0 spiro atoms. The highest BCUT2D eigenvalue weighted by Crippen LogP contribution is 2.47. The number of rotatable bonds is 5. The lowest BCUT2D eigenvalue weighted by Gasteiger charge is -2.29. The monoisotopic (exact) mass is 419 g/mol. The first-order valence-electron chi connectivity index (χ1n) is 9.06. The van der Waals surface area contributed by atoms with Gasteiger partial charge in [0.25, 0.3) is 0 Å². The number of nitrogens with zero attached hydrogens (tertiary/aromatic N) is 3.